The predicted octanol–water partition coefficient (Wildman–Crippen LogP) is 19.7. The smallest absolute Gasteiger partial charge is 0.134 e. The summed E-state index contributed by atoms with van der Waals surface area (Å²) in [6.07, 6.45) is 0. The molecule has 0 aromatic heterocycles. The minimum absolute atomic E-state index is 0.0282. The highest BCUT2D eigenvalue weighted by Crippen LogP contribution is 2.49. The van der Waals surface area contributed by atoms with Crippen LogP contribution in [0.25, 0.3) is 55.6 Å². The summed E-state index contributed by atoms with van der Waals surface area (Å²) in [7, 11) is -5.74. The van der Waals surface area contributed by atoms with Crippen LogP contribution in [0.4, 0.5) is 0 Å². The van der Waals surface area contributed by atoms with E-state index in [4.69, 9.17) is 28.7 Å². The molecule has 6 rings (SSSR count). The number of hydrogen-bond acceptors (Lipinski definition) is 2. The second-order valence-corrected chi connectivity index (χ2v) is 30.1. The Hall–Kier alpha value is -4.64. The number of benzene rings is 6. The van der Waals surface area contributed by atoms with Crippen LogP contribution in [0.2, 0.25) is 0 Å². The summed E-state index contributed by atoms with van der Waals surface area (Å²) >= 11 is 0. The molecule has 0 spiro atoms. The Morgan fingerprint density at radius 3 is 0.579 bits per heavy atom. The zero-order valence-corrected chi connectivity index (χ0v) is 52.7. The molecule has 0 saturated heterocycles. The summed E-state index contributed by atoms with van der Waals surface area (Å²) in [5.74, 6) is 0. The third kappa shape index (κ3) is 16.2. The van der Waals surface area contributed by atoms with E-state index in [1.165, 1.54) is 100 Å². The van der Waals surface area contributed by atoms with Crippen LogP contribution < -0.4 is 0 Å². The Kier molecular flexibility index (Phi) is 19.3. The van der Waals surface area contributed by atoms with Crippen LogP contribution in [0.1, 0.15) is 211 Å². The molecule has 0 aliphatic rings. The van der Waals surface area contributed by atoms with Crippen molar-refractivity contribution in [3.63, 3.8) is 0 Å². The van der Waals surface area contributed by atoms with Gasteiger partial charge in [-0.2, -0.15) is 0 Å². The summed E-state index contributed by atoms with van der Waals surface area (Å²) in [6, 6.07) is 43.9. The van der Waals surface area contributed by atoms with Crippen LogP contribution in [-0.2, 0) is 52.5 Å². The minimum atomic E-state index is -2.87. The van der Waals surface area contributed by atoms with Crippen LogP contribution in [-0.4, -0.2) is 19.6 Å². The van der Waals surface area contributed by atoms with E-state index in [9.17, 15) is 0 Å². The standard InChI is InChI=1S/C68H90.2HO3P/c1-61(2,3)45-27-33-51(57(39-45)65(13,14)15)49-31-25-43(37-55(49)53-35-29-47(63(7,8)9)41-59(53)67(19,20)21)44-26-32-50(52-34-28-46(62(4,5)6)40-58(52)66(16,17)18)56(38-44)54-36-30-48(64(10,11)12)42-60(54)68(22,23)24;2*1-4(2)3/h25-42H,1-24H3;2*(H-,1,2,3)/p+2. The zero-order chi connectivity index (χ0) is 58.3. The Labute approximate surface area is 461 Å². The molecule has 0 saturated carbocycles. The van der Waals surface area contributed by atoms with Crippen LogP contribution in [0.15, 0.2) is 109 Å². The highest BCUT2D eigenvalue weighted by atomic mass is 31.1. The molecule has 0 unspecified atom stereocenters. The highest BCUT2D eigenvalue weighted by molar-refractivity contribution is 7.31. The molecular weight excluding hydrogens is 975 g/mol. The fourth-order valence-corrected chi connectivity index (χ4v) is 9.83. The van der Waals surface area contributed by atoms with Gasteiger partial charge in [0.25, 0.3) is 0 Å². The van der Waals surface area contributed by atoms with Crippen LogP contribution in [0, 0.1) is 0 Å². The van der Waals surface area contributed by atoms with Crippen LogP contribution in [0.3, 0.4) is 0 Å². The van der Waals surface area contributed by atoms with E-state index < -0.39 is 16.5 Å². The molecule has 6 aromatic rings. The van der Waals surface area contributed by atoms with E-state index in [0.717, 1.165) is 0 Å². The molecule has 0 aliphatic heterocycles. The van der Waals surface area contributed by atoms with E-state index >= 15 is 0 Å². The van der Waals surface area contributed by atoms with Gasteiger partial charge < -0.3 is 0 Å². The van der Waals surface area contributed by atoms with Crippen molar-refractivity contribution in [3.05, 3.63) is 154 Å². The van der Waals surface area contributed by atoms with E-state index in [-0.39, 0.29) is 43.3 Å². The SMILES string of the molecule is CC(C)(C)c1ccc(-c2ccc(-c3ccc(-c4ccc(C(C)(C)C)cc4C(C)(C)C)c(-c4ccc(C(C)(C)C)cc4C(C)(C)C)c3)cc2-c2ccc(C(C)(C)C)cc2C(C)(C)C)c(C(C)(C)C)c1.O=[P+](O)O.O=[P+](O)O. The first-order valence-corrected chi connectivity index (χ1v) is 29.2. The van der Waals surface area contributed by atoms with E-state index in [1.807, 2.05) is 0 Å². The molecule has 8 heteroatoms. The van der Waals surface area contributed by atoms with Gasteiger partial charge in [-0.25, -0.2) is 0 Å². The van der Waals surface area contributed by atoms with Gasteiger partial charge in [0.15, 0.2) is 0 Å². The Morgan fingerprint density at radius 2 is 0.408 bits per heavy atom. The van der Waals surface area contributed by atoms with Crippen LogP contribution >= 0.6 is 16.5 Å². The van der Waals surface area contributed by atoms with Gasteiger partial charge in [0.2, 0.25) is 0 Å². The van der Waals surface area contributed by atoms with Gasteiger partial charge in [0.05, 0.1) is 0 Å². The average Bonchev–Trinajstić information content (AvgIpc) is 3.25. The fourth-order valence-electron chi connectivity index (χ4n) is 9.83. The lowest BCUT2D eigenvalue weighted by molar-refractivity contribution is 0.403. The summed E-state index contributed by atoms with van der Waals surface area (Å²) in [6.45, 7) is 56.5. The van der Waals surface area contributed by atoms with Gasteiger partial charge in [0, 0.05) is 9.13 Å². The Morgan fingerprint density at radius 1 is 0.237 bits per heavy atom. The van der Waals surface area contributed by atoms with Gasteiger partial charge in [0.1, 0.15) is 0 Å². The normalized spacial score (nSPS) is 12.8. The molecule has 0 fully saturated rings. The van der Waals surface area contributed by atoms with Crippen molar-refractivity contribution in [3.8, 4) is 55.6 Å². The first-order valence-electron chi connectivity index (χ1n) is 26.8. The van der Waals surface area contributed by atoms with Crippen molar-refractivity contribution in [1.82, 2.24) is 0 Å². The van der Waals surface area contributed by atoms with Crippen molar-refractivity contribution >= 4 is 16.5 Å². The topological polar surface area (TPSA) is 115 Å². The predicted molar refractivity (Wildman–Crippen MR) is 327 cm³/mol. The molecule has 0 amide bonds. The molecular formula is C68H94O6P2+2. The molecule has 0 bridgehead atoms. The molecule has 0 radical (unpaired) electrons. The Balaban J connectivity index is 0.00000145. The first-order chi connectivity index (χ1) is 34.2. The summed E-state index contributed by atoms with van der Waals surface area (Å²) < 4.78 is 17.4. The van der Waals surface area contributed by atoms with E-state index in [1.54, 1.807) is 0 Å². The van der Waals surface area contributed by atoms with Gasteiger partial charge >= 0.3 is 16.5 Å². The van der Waals surface area contributed by atoms with Crippen molar-refractivity contribution < 1.29 is 28.7 Å². The number of rotatable bonds is 5. The van der Waals surface area contributed by atoms with Crippen LogP contribution in [0.5, 0.6) is 0 Å². The maximum Gasteiger partial charge on any atom is 0.692 e. The van der Waals surface area contributed by atoms with Crippen molar-refractivity contribution in [2.24, 2.45) is 0 Å². The summed E-state index contributed by atoms with van der Waals surface area (Å²) in [5.41, 5.74) is 23.7. The lowest BCUT2D eigenvalue weighted by Crippen LogP contribution is -2.18. The molecule has 0 heterocycles. The van der Waals surface area contributed by atoms with Crippen molar-refractivity contribution in [2.45, 2.75) is 209 Å². The summed E-state index contributed by atoms with van der Waals surface area (Å²) in [4.78, 5) is 28.5. The molecule has 410 valence electrons. The average molecular weight is 1070 g/mol. The lowest BCUT2D eigenvalue weighted by atomic mass is 9.73. The van der Waals surface area contributed by atoms with Gasteiger partial charge in [-0.15, -0.1) is 19.6 Å². The molecule has 6 aromatic carbocycles. The second kappa shape index (κ2) is 23.0. The minimum Gasteiger partial charge on any atom is -0.134 e. The second-order valence-electron chi connectivity index (χ2n) is 29.1. The van der Waals surface area contributed by atoms with Gasteiger partial charge in [-0.05, 0) is 156 Å². The molecule has 0 aliphatic carbocycles. The van der Waals surface area contributed by atoms with E-state index in [2.05, 4.69) is 275 Å². The third-order valence-corrected chi connectivity index (χ3v) is 14.3. The van der Waals surface area contributed by atoms with Crippen molar-refractivity contribution in [2.75, 3.05) is 0 Å². The fraction of sp³-hybridized carbons (Fsp3) is 0.471. The van der Waals surface area contributed by atoms with E-state index in [0.29, 0.717) is 0 Å². The zero-order valence-electron chi connectivity index (χ0n) is 50.9. The highest BCUT2D eigenvalue weighted by Gasteiger charge is 2.31. The maximum atomic E-state index is 8.70. The van der Waals surface area contributed by atoms with Gasteiger partial charge in [-0.1, -0.05) is 263 Å². The summed E-state index contributed by atoms with van der Waals surface area (Å²) in [5, 5.41) is 0. The molecule has 76 heavy (non-hydrogen) atoms. The molecule has 4 N–H and O–H groups in total. The van der Waals surface area contributed by atoms with Gasteiger partial charge in [-0.3, -0.25) is 0 Å². The molecule has 6 nitrogen and oxygen atoms in total. The monoisotopic (exact) mass is 1070 g/mol. The third-order valence-electron chi connectivity index (χ3n) is 14.3. The quantitative estimate of drug-likeness (QED) is 0.128. The Bertz CT molecular complexity index is 2850. The lowest BCUT2D eigenvalue weighted by Gasteiger charge is -2.31. The first kappa shape index (κ1) is 63.9. The van der Waals surface area contributed by atoms with Crippen molar-refractivity contribution in [1.29, 1.82) is 0 Å². The maximum absolute atomic E-state index is 8.70. The number of hydrogen-bond donors (Lipinski definition) is 4. The largest absolute Gasteiger partial charge is 0.692 e. The molecule has 0 atom stereocenters.